The van der Waals surface area contributed by atoms with E-state index < -0.39 is 24.4 Å². The highest BCUT2D eigenvalue weighted by Gasteiger charge is 2.30. The zero-order valence-electron chi connectivity index (χ0n) is 15.5. The third-order valence-electron chi connectivity index (χ3n) is 4.44. The number of imide groups is 1. The van der Waals surface area contributed by atoms with Crippen molar-refractivity contribution in [2.24, 2.45) is 0 Å². The predicted octanol–water partition coefficient (Wildman–Crippen LogP) is 2.11. The van der Waals surface area contributed by atoms with Crippen LogP contribution in [0.1, 0.15) is 27.9 Å². The number of carbonyl (C=O) groups is 4. The van der Waals surface area contributed by atoms with Gasteiger partial charge in [0.2, 0.25) is 5.91 Å². The summed E-state index contributed by atoms with van der Waals surface area (Å²) < 4.78 is 4.92. The molecule has 3 rings (SSSR count). The van der Waals surface area contributed by atoms with Crippen LogP contribution in [0.4, 0.5) is 0 Å². The number of hydrogen-bond acceptors (Lipinski definition) is 5. The highest BCUT2D eigenvalue weighted by molar-refractivity contribution is 6.30. The van der Waals surface area contributed by atoms with E-state index >= 15 is 0 Å². The lowest BCUT2D eigenvalue weighted by Gasteiger charge is -2.26. The normalized spacial score (nSPS) is 13.1. The maximum Gasteiger partial charge on any atom is 0.308 e. The third kappa shape index (κ3) is 5.42. The van der Waals surface area contributed by atoms with Crippen molar-refractivity contribution >= 4 is 35.3 Å². The van der Waals surface area contributed by atoms with E-state index in [1.807, 2.05) is 0 Å². The first-order valence-electron chi connectivity index (χ1n) is 9.03. The third-order valence-corrected chi connectivity index (χ3v) is 4.69. The highest BCUT2D eigenvalue weighted by atomic mass is 35.5. The van der Waals surface area contributed by atoms with E-state index in [1.54, 1.807) is 48.5 Å². The molecular weight excluding hydrogens is 396 g/mol. The van der Waals surface area contributed by atoms with E-state index in [-0.39, 0.29) is 31.8 Å². The molecule has 0 aromatic heterocycles. The molecule has 0 spiro atoms. The van der Waals surface area contributed by atoms with Crippen molar-refractivity contribution in [2.75, 3.05) is 13.2 Å². The van der Waals surface area contributed by atoms with Crippen LogP contribution in [0.25, 0.3) is 0 Å². The van der Waals surface area contributed by atoms with Gasteiger partial charge in [0.05, 0.1) is 12.8 Å². The van der Waals surface area contributed by atoms with E-state index in [0.717, 1.165) is 10.5 Å². The smallest absolute Gasteiger partial charge is 0.308 e. The molecule has 0 radical (unpaired) electrons. The highest BCUT2D eigenvalue weighted by Crippen LogP contribution is 2.19. The fourth-order valence-electron chi connectivity index (χ4n) is 2.90. The average molecular weight is 415 g/mol. The largest absolute Gasteiger partial charge is 0.456 e. The quantitative estimate of drug-likeness (QED) is 0.553. The molecule has 3 amide bonds. The summed E-state index contributed by atoms with van der Waals surface area (Å²) in [6.45, 7) is -0.238. The van der Waals surface area contributed by atoms with Crippen LogP contribution < -0.4 is 5.32 Å². The summed E-state index contributed by atoms with van der Waals surface area (Å²) in [6.07, 6.45) is -0.0613. The van der Waals surface area contributed by atoms with Crippen LogP contribution in [-0.2, 0) is 32.1 Å². The Morgan fingerprint density at radius 2 is 1.79 bits per heavy atom. The maximum absolute atomic E-state index is 12.4. The average Bonchev–Trinajstić information content (AvgIpc) is 2.71. The van der Waals surface area contributed by atoms with Crippen LogP contribution in [0.5, 0.6) is 0 Å². The van der Waals surface area contributed by atoms with E-state index in [9.17, 15) is 19.2 Å². The summed E-state index contributed by atoms with van der Waals surface area (Å²) in [5.74, 6) is -1.90. The standard InChI is InChI=1S/C21H19ClN2O5/c22-16-7-5-14(6-8-16)12-23-18(25)13-29-20(27)9-10-24-19(26)11-15-3-1-2-4-17(15)21(24)28/h1-8H,9-13H2,(H,23,25). The molecule has 150 valence electrons. The Morgan fingerprint density at radius 1 is 1.07 bits per heavy atom. The molecule has 0 saturated carbocycles. The van der Waals surface area contributed by atoms with Crippen LogP contribution in [0.15, 0.2) is 48.5 Å². The summed E-state index contributed by atoms with van der Waals surface area (Å²) >= 11 is 5.80. The lowest BCUT2D eigenvalue weighted by atomic mass is 9.98. The second kappa shape index (κ2) is 9.34. The van der Waals surface area contributed by atoms with E-state index in [1.165, 1.54) is 0 Å². The second-order valence-corrected chi connectivity index (χ2v) is 6.93. The summed E-state index contributed by atoms with van der Waals surface area (Å²) in [4.78, 5) is 49.3. The topological polar surface area (TPSA) is 92.8 Å². The number of nitrogens with one attached hydrogen (secondary N) is 1. The summed E-state index contributed by atoms with van der Waals surface area (Å²) in [7, 11) is 0. The Hall–Kier alpha value is -3.19. The molecule has 7 nitrogen and oxygen atoms in total. The maximum atomic E-state index is 12.4. The van der Waals surface area contributed by atoms with Crippen LogP contribution in [0, 0.1) is 0 Å². The molecule has 0 aliphatic carbocycles. The number of nitrogens with zero attached hydrogens (tertiary/aromatic N) is 1. The number of ether oxygens (including phenoxy) is 1. The lowest BCUT2D eigenvalue weighted by molar-refractivity contribution is -0.149. The van der Waals surface area contributed by atoms with Gasteiger partial charge in [-0.15, -0.1) is 0 Å². The molecule has 0 unspecified atom stereocenters. The molecule has 0 bridgehead atoms. The number of amides is 3. The minimum Gasteiger partial charge on any atom is -0.456 e. The Balaban J connectivity index is 1.42. The van der Waals surface area contributed by atoms with Gasteiger partial charge in [0, 0.05) is 23.7 Å². The number of carbonyl (C=O) groups excluding carboxylic acids is 4. The summed E-state index contributed by atoms with van der Waals surface area (Å²) in [5.41, 5.74) is 2.00. The summed E-state index contributed by atoms with van der Waals surface area (Å²) in [6, 6.07) is 13.9. The molecule has 0 atom stereocenters. The van der Waals surface area contributed by atoms with Gasteiger partial charge in [0.25, 0.3) is 11.8 Å². The number of benzene rings is 2. The molecule has 2 aromatic rings. The summed E-state index contributed by atoms with van der Waals surface area (Å²) in [5, 5.41) is 3.23. The monoisotopic (exact) mass is 414 g/mol. The van der Waals surface area contributed by atoms with Crippen LogP contribution in [0.3, 0.4) is 0 Å². The molecule has 1 heterocycles. The van der Waals surface area contributed by atoms with Crippen molar-refractivity contribution in [1.29, 1.82) is 0 Å². The molecule has 8 heteroatoms. The van der Waals surface area contributed by atoms with Crippen molar-refractivity contribution in [1.82, 2.24) is 10.2 Å². The van der Waals surface area contributed by atoms with Crippen molar-refractivity contribution < 1.29 is 23.9 Å². The number of rotatable bonds is 7. The van der Waals surface area contributed by atoms with Gasteiger partial charge in [-0.3, -0.25) is 24.1 Å². The molecule has 1 aliphatic heterocycles. The first kappa shape index (κ1) is 20.5. The van der Waals surface area contributed by atoms with E-state index in [4.69, 9.17) is 16.3 Å². The second-order valence-electron chi connectivity index (χ2n) is 6.50. The molecule has 2 aromatic carbocycles. The fraction of sp³-hybridized carbons (Fsp3) is 0.238. The Kier molecular flexibility index (Phi) is 6.61. The molecule has 1 N–H and O–H groups in total. The molecular formula is C21H19ClN2O5. The van der Waals surface area contributed by atoms with E-state index in [2.05, 4.69) is 5.32 Å². The van der Waals surface area contributed by atoms with Crippen molar-refractivity contribution in [3.8, 4) is 0 Å². The van der Waals surface area contributed by atoms with Gasteiger partial charge in [-0.05, 0) is 29.3 Å². The lowest BCUT2D eigenvalue weighted by Crippen LogP contribution is -2.43. The van der Waals surface area contributed by atoms with Gasteiger partial charge >= 0.3 is 5.97 Å². The van der Waals surface area contributed by atoms with Crippen LogP contribution in [0.2, 0.25) is 5.02 Å². The van der Waals surface area contributed by atoms with Crippen LogP contribution >= 0.6 is 11.6 Å². The van der Waals surface area contributed by atoms with Crippen molar-refractivity contribution in [3.63, 3.8) is 0 Å². The number of fused-ring (bicyclic) bond motifs is 1. The van der Waals surface area contributed by atoms with Gasteiger partial charge in [0.1, 0.15) is 0 Å². The SMILES string of the molecule is O=C(COC(=O)CCN1C(=O)Cc2ccccc2C1=O)NCc1ccc(Cl)cc1. The first-order valence-corrected chi connectivity index (χ1v) is 9.41. The molecule has 29 heavy (non-hydrogen) atoms. The van der Waals surface area contributed by atoms with Crippen molar-refractivity contribution in [3.05, 3.63) is 70.2 Å². The predicted molar refractivity (Wildman–Crippen MR) is 105 cm³/mol. The Labute approximate surface area is 172 Å². The Morgan fingerprint density at radius 3 is 2.55 bits per heavy atom. The van der Waals surface area contributed by atoms with Gasteiger partial charge in [-0.25, -0.2) is 0 Å². The van der Waals surface area contributed by atoms with Gasteiger partial charge in [-0.1, -0.05) is 41.9 Å². The Bertz CT molecular complexity index is 942. The molecule has 0 saturated heterocycles. The number of hydrogen-bond donors (Lipinski definition) is 1. The first-order chi connectivity index (χ1) is 13.9. The minimum absolute atomic E-state index is 0.0861. The molecule has 0 fully saturated rings. The number of esters is 1. The number of halogens is 1. The van der Waals surface area contributed by atoms with Gasteiger partial charge < -0.3 is 10.1 Å². The van der Waals surface area contributed by atoms with Crippen molar-refractivity contribution in [2.45, 2.75) is 19.4 Å². The van der Waals surface area contributed by atoms with Gasteiger partial charge in [0.15, 0.2) is 6.61 Å². The zero-order valence-corrected chi connectivity index (χ0v) is 16.3. The molecule has 1 aliphatic rings. The fourth-order valence-corrected chi connectivity index (χ4v) is 3.03. The van der Waals surface area contributed by atoms with Crippen LogP contribution in [-0.4, -0.2) is 41.7 Å². The van der Waals surface area contributed by atoms with E-state index in [0.29, 0.717) is 16.1 Å². The zero-order chi connectivity index (χ0) is 20.8. The van der Waals surface area contributed by atoms with Gasteiger partial charge in [-0.2, -0.15) is 0 Å². The minimum atomic E-state index is -0.661.